The van der Waals surface area contributed by atoms with E-state index in [0.29, 0.717) is 35.7 Å². The van der Waals surface area contributed by atoms with Crippen LogP contribution in [0.2, 0.25) is 0 Å². The predicted molar refractivity (Wildman–Crippen MR) is 183 cm³/mol. The van der Waals surface area contributed by atoms with Crippen molar-refractivity contribution in [2.45, 2.75) is 52.7 Å². The van der Waals surface area contributed by atoms with E-state index in [-0.39, 0.29) is 13.2 Å². The molecule has 2 N–H and O–H groups in total. The number of hydrogen-bond acceptors (Lipinski definition) is 6. The van der Waals surface area contributed by atoms with Gasteiger partial charge in [-0.15, -0.1) is 0 Å². The van der Waals surface area contributed by atoms with Gasteiger partial charge in [-0.25, -0.2) is 9.59 Å². The lowest BCUT2D eigenvalue weighted by Gasteiger charge is -2.22. The number of rotatable bonds is 12. The molecule has 238 valence electrons. The average molecular weight is 621 g/mol. The molecular formula is C38H40N2O6. The quantitative estimate of drug-likeness (QED) is 0.135. The Morgan fingerprint density at radius 1 is 0.543 bits per heavy atom. The first-order valence-corrected chi connectivity index (χ1v) is 15.6. The Labute approximate surface area is 269 Å². The van der Waals surface area contributed by atoms with Gasteiger partial charge < -0.3 is 18.9 Å². The number of aryl methyl sites for hydroxylation is 2. The zero-order valence-corrected chi connectivity index (χ0v) is 26.7. The van der Waals surface area contributed by atoms with Crippen LogP contribution >= 0.6 is 0 Å². The summed E-state index contributed by atoms with van der Waals surface area (Å²) in [7, 11) is 0. The van der Waals surface area contributed by atoms with Crippen LogP contribution in [0.15, 0.2) is 97.1 Å². The average Bonchev–Trinajstić information content (AvgIpc) is 3.07. The summed E-state index contributed by atoms with van der Waals surface area (Å²) in [6.07, 6.45) is -0.828. The monoisotopic (exact) mass is 620 g/mol. The predicted octanol–water partition coefficient (Wildman–Crippen LogP) is 9.42. The van der Waals surface area contributed by atoms with Crippen LogP contribution in [0.5, 0.6) is 11.5 Å². The summed E-state index contributed by atoms with van der Waals surface area (Å²) >= 11 is 0. The molecule has 0 aliphatic carbocycles. The largest absolute Gasteiger partial charge is 0.488 e. The molecular weight excluding hydrogens is 580 g/mol. The van der Waals surface area contributed by atoms with Crippen molar-refractivity contribution < 1.29 is 28.5 Å². The third-order valence-electron chi connectivity index (χ3n) is 7.88. The highest BCUT2D eigenvalue weighted by molar-refractivity contribution is 6.11. The summed E-state index contributed by atoms with van der Waals surface area (Å²) in [4.78, 5) is 25.4. The molecule has 0 bridgehead atoms. The Kier molecular flexibility index (Phi) is 10.6. The van der Waals surface area contributed by atoms with Crippen LogP contribution < -0.4 is 20.1 Å². The molecule has 5 aromatic carbocycles. The number of para-hydroxylation sites is 2. The minimum Gasteiger partial charge on any atom is -0.488 e. The van der Waals surface area contributed by atoms with Crippen LogP contribution in [0.3, 0.4) is 0 Å². The SMILES string of the molecule is CCC(COc1c2ccccc2c(OCC(CC)OC(=O)Nc2ccccc2C)c2ccccc12)OC(=O)Nc1ccccc1C. The second-order valence-electron chi connectivity index (χ2n) is 11.1. The second-order valence-corrected chi connectivity index (χ2v) is 11.1. The number of benzene rings is 5. The third-order valence-corrected chi connectivity index (χ3v) is 7.88. The highest BCUT2D eigenvalue weighted by Crippen LogP contribution is 2.43. The van der Waals surface area contributed by atoms with Crippen molar-refractivity contribution in [1.82, 2.24) is 0 Å². The summed E-state index contributed by atoms with van der Waals surface area (Å²) in [5.74, 6) is 1.36. The first-order valence-electron chi connectivity index (χ1n) is 15.6. The van der Waals surface area contributed by atoms with Crippen molar-refractivity contribution in [1.29, 1.82) is 0 Å². The highest BCUT2D eigenvalue weighted by atomic mass is 16.6. The van der Waals surface area contributed by atoms with Gasteiger partial charge in [0.15, 0.2) is 0 Å². The van der Waals surface area contributed by atoms with Gasteiger partial charge in [0.25, 0.3) is 0 Å². The molecule has 5 rings (SSSR count). The van der Waals surface area contributed by atoms with Gasteiger partial charge in [-0.05, 0) is 49.9 Å². The van der Waals surface area contributed by atoms with Crippen LogP contribution in [0.4, 0.5) is 21.0 Å². The summed E-state index contributed by atoms with van der Waals surface area (Å²) in [6.45, 7) is 8.11. The number of amides is 2. The van der Waals surface area contributed by atoms with Gasteiger partial charge in [0.1, 0.15) is 36.9 Å². The molecule has 0 aliphatic heterocycles. The van der Waals surface area contributed by atoms with Crippen LogP contribution in [0, 0.1) is 13.8 Å². The molecule has 0 aliphatic rings. The summed E-state index contributed by atoms with van der Waals surface area (Å²) in [5.41, 5.74) is 3.31. The Morgan fingerprint density at radius 2 is 0.870 bits per heavy atom. The van der Waals surface area contributed by atoms with Gasteiger partial charge in [-0.1, -0.05) is 98.8 Å². The molecule has 0 saturated carbocycles. The van der Waals surface area contributed by atoms with Gasteiger partial charge in [-0.2, -0.15) is 0 Å². The molecule has 0 radical (unpaired) electrons. The zero-order valence-electron chi connectivity index (χ0n) is 26.7. The smallest absolute Gasteiger partial charge is 0.412 e. The Hall–Kier alpha value is -5.24. The molecule has 8 nitrogen and oxygen atoms in total. The number of anilines is 2. The van der Waals surface area contributed by atoms with E-state index in [1.807, 2.05) is 125 Å². The molecule has 0 heterocycles. The van der Waals surface area contributed by atoms with Crippen molar-refractivity contribution in [3.63, 3.8) is 0 Å². The fourth-order valence-electron chi connectivity index (χ4n) is 5.19. The molecule has 2 atom stereocenters. The van der Waals surface area contributed by atoms with E-state index in [9.17, 15) is 9.59 Å². The normalized spacial score (nSPS) is 12.3. The minimum atomic E-state index is -0.525. The third kappa shape index (κ3) is 7.69. The molecule has 0 saturated heterocycles. The maximum absolute atomic E-state index is 12.7. The minimum absolute atomic E-state index is 0.174. The summed E-state index contributed by atoms with van der Waals surface area (Å²) < 4.78 is 24.4. The van der Waals surface area contributed by atoms with Crippen molar-refractivity contribution in [2.75, 3.05) is 23.8 Å². The van der Waals surface area contributed by atoms with E-state index in [2.05, 4.69) is 10.6 Å². The number of hydrogen-bond donors (Lipinski definition) is 2. The molecule has 0 fully saturated rings. The van der Waals surface area contributed by atoms with Crippen LogP contribution in [-0.2, 0) is 9.47 Å². The Morgan fingerprint density at radius 3 is 1.20 bits per heavy atom. The zero-order chi connectivity index (χ0) is 32.5. The first kappa shape index (κ1) is 32.2. The molecule has 5 aromatic rings. The van der Waals surface area contributed by atoms with Crippen molar-refractivity contribution in [3.05, 3.63) is 108 Å². The number of nitrogens with one attached hydrogen (secondary N) is 2. The number of carbonyl (C=O) groups excluding carboxylic acids is 2. The molecule has 0 aromatic heterocycles. The van der Waals surface area contributed by atoms with Crippen molar-refractivity contribution in [3.8, 4) is 11.5 Å². The fraction of sp³-hybridized carbons (Fsp3) is 0.263. The van der Waals surface area contributed by atoms with Gasteiger partial charge >= 0.3 is 12.2 Å². The van der Waals surface area contributed by atoms with E-state index in [1.165, 1.54) is 0 Å². The molecule has 2 amide bonds. The Bertz CT molecular complexity index is 1630. The number of ether oxygens (including phenoxy) is 4. The van der Waals surface area contributed by atoms with Crippen molar-refractivity contribution >= 4 is 45.1 Å². The van der Waals surface area contributed by atoms with E-state index in [0.717, 1.165) is 32.7 Å². The van der Waals surface area contributed by atoms with Crippen molar-refractivity contribution in [2.24, 2.45) is 0 Å². The van der Waals surface area contributed by atoms with Gasteiger partial charge in [-0.3, -0.25) is 10.6 Å². The number of fused-ring (bicyclic) bond motifs is 2. The summed E-state index contributed by atoms with van der Waals surface area (Å²) in [5, 5.41) is 9.10. The van der Waals surface area contributed by atoms with Gasteiger partial charge in [0.2, 0.25) is 0 Å². The van der Waals surface area contributed by atoms with Gasteiger partial charge in [0, 0.05) is 32.9 Å². The highest BCUT2D eigenvalue weighted by Gasteiger charge is 2.21. The maximum atomic E-state index is 12.7. The van der Waals surface area contributed by atoms with E-state index < -0.39 is 24.4 Å². The Balaban J connectivity index is 1.33. The van der Waals surface area contributed by atoms with Crippen LogP contribution in [0.1, 0.15) is 37.8 Å². The second kappa shape index (κ2) is 15.2. The standard InChI is InChI=1S/C38H40N2O6/c1-5-27(45-37(41)39-33-21-13-7-15-25(33)3)23-43-35-29-17-9-11-19-31(29)36(32-20-12-10-18-30(32)35)44-24-28(6-2)46-38(42)40-34-22-14-8-16-26(34)4/h7-22,27-28H,5-6,23-24H2,1-4H3,(H,39,41)(H,40,42). The lowest BCUT2D eigenvalue weighted by atomic mass is 10.0. The lowest BCUT2D eigenvalue weighted by Crippen LogP contribution is -2.27. The molecule has 2 unspecified atom stereocenters. The van der Waals surface area contributed by atoms with E-state index in [1.54, 1.807) is 0 Å². The fourth-order valence-corrected chi connectivity index (χ4v) is 5.19. The van der Waals surface area contributed by atoms with Gasteiger partial charge in [0.05, 0.1) is 0 Å². The first-order chi connectivity index (χ1) is 22.4. The van der Waals surface area contributed by atoms with E-state index >= 15 is 0 Å². The lowest BCUT2D eigenvalue weighted by molar-refractivity contribution is 0.0724. The van der Waals surface area contributed by atoms with E-state index in [4.69, 9.17) is 18.9 Å². The topological polar surface area (TPSA) is 95.1 Å². The summed E-state index contributed by atoms with van der Waals surface area (Å²) in [6, 6.07) is 30.8. The van der Waals surface area contributed by atoms with Crippen LogP contribution in [-0.4, -0.2) is 37.6 Å². The molecule has 0 spiro atoms. The van der Waals surface area contributed by atoms with Crippen LogP contribution in [0.25, 0.3) is 21.5 Å². The number of carbonyl (C=O) groups is 2. The molecule has 8 heteroatoms. The maximum Gasteiger partial charge on any atom is 0.412 e. The molecule has 46 heavy (non-hydrogen) atoms.